The van der Waals surface area contributed by atoms with Crippen molar-refractivity contribution in [2.24, 2.45) is 21.7 Å². The number of hydrogen-bond acceptors (Lipinski definition) is 6. The topological polar surface area (TPSA) is 165 Å². The lowest BCUT2D eigenvalue weighted by Gasteiger charge is -2.45. The molecule has 4 rings (SSSR count). The summed E-state index contributed by atoms with van der Waals surface area (Å²) in [6, 6.07) is 37.4. The van der Waals surface area contributed by atoms with Gasteiger partial charge in [-0.2, -0.15) is 10.2 Å². The van der Waals surface area contributed by atoms with Crippen LogP contribution in [0.2, 0.25) is 0 Å². The van der Waals surface area contributed by atoms with Gasteiger partial charge >= 0.3 is 0 Å². The van der Waals surface area contributed by atoms with Gasteiger partial charge < -0.3 is 21.7 Å². The van der Waals surface area contributed by atoms with Crippen LogP contribution in [0.25, 0.3) is 0 Å². The number of benzene rings is 4. The average Bonchev–Trinajstić information content (AvgIpc) is 3.01. The predicted octanol–water partition coefficient (Wildman–Crippen LogP) is 6.57. The van der Waals surface area contributed by atoms with Gasteiger partial charge in [0.05, 0.1) is 0 Å². The molecule has 0 unspecified atom stereocenters. The highest BCUT2D eigenvalue weighted by molar-refractivity contribution is 5.87. The van der Waals surface area contributed by atoms with Crippen molar-refractivity contribution in [2.75, 3.05) is 0 Å². The number of nitrogens with one attached hydrogen (secondary N) is 2. The Bertz CT molecular complexity index is 1310. The lowest BCUT2D eigenvalue weighted by Crippen LogP contribution is -2.51. The Morgan fingerprint density at radius 3 is 0.818 bits per heavy atom. The van der Waals surface area contributed by atoms with Crippen LogP contribution in [0.5, 0.6) is 0 Å². The number of amidine groups is 2. The second-order valence-corrected chi connectivity index (χ2v) is 11.0. The van der Waals surface area contributed by atoms with E-state index in [1.54, 1.807) is 27.7 Å². The van der Waals surface area contributed by atoms with Crippen molar-refractivity contribution in [1.82, 2.24) is 0 Å². The summed E-state index contributed by atoms with van der Waals surface area (Å²) in [6.07, 6.45) is 0. The molecule has 0 saturated heterocycles. The minimum atomic E-state index is -1.70. The van der Waals surface area contributed by atoms with E-state index >= 15 is 0 Å². The van der Waals surface area contributed by atoms with Crippen LogP contribution in [0.1, 0.15) is 49.9 Å². The molecule has 44 heavy (non-hydrogen) atoms. The SMILES string of the molecule is CC(C)(N=NC(C)(C)C(=N)N)C(=N)N.Cl.Cl.OC(c1ccccc1)(c1ccccc1)C(O)(c1ccccc1)c1ccccc1. The van der Waals surface area contributed by atoms with Crippen molar-refractivity contribution >= 4 is 36.5 Å². The van der Waals surface area contributed by atoms with Crippen molar-refractivity contribution in [3.05, 3.63) is 144 Å². The molecule has 10 heteroatoms. The zero-order chi connectivity index (χ0) is 31.0. The third-order valence-corrected chi connectivity index (χ3v) is 7.16. The molecule has 0 heterocycles. The molecule has 0 saturated carbocycles. The third-order valence-electron chi connectivity index (χ3n) is 7.16. The molecule has 8 nitrogen and oxygen atoms in total. The van der Waals surface area contributed by atoms with Crippen LogP contribution in [0.4, 0.5) is 0 Å². The summed E-state index contributed by atoms with van der Waals surface area (Å²) in [5.74, 6) is -0.138. The van der Waals surface area contributed by atoms with Crippen LogP contribution in [0.15, 0.2) is 132 Å². The van der Waals surface area contributed by atoms with Crippen molar-refractivity contribution < 1.29 is 10.2 Å². The Balaban J connectivity index is 0.000000522. The van der Waals surface area contributed by atoms with Crippen LogP contribution in [-0.4, -0.2) is 33.0 Å². The zero-order valence-corrected chi connectivity index (χ0v) is 26.9. The maximum absolute atomic E-state index is 12.3. The highest BCUT2D eigenvalue weighted by Crippen LogP contribution is 2.49. The highest BCUT2D eigenvalue weighted by Gasteiger charge is 2.54. The van der Waals surface area contributed by atoms with Gasteiger partial charge in [0.2, 0.25) is 0 Å². The summed E-state index contributed by atoms with van der Waals surface area (Å²) < 4.78 is 0. The Morgan fingerprint density at radius 1 is 0.477 bits per heavy atom. The molecule has 0 aliphatic rings. The quantitative estimate of drug-likeness (QED) is 0.0695. The maximum atomic E-state index is 12.3. The van der Waals surface area contributed by atoms with Crippen LogP contribution >= 0.6 is 24.8 Å². The van der Waals surface area contributed by atoms with E-state index in [2.05, 4.69) is 10.2 Å². The smallest absolute Gasteiger partial charge is 0.152 e. The van der Waals surface area contributed by atoms with Gasteiger partial charge in [-0.25, -0.2) is 0 Å². The van der Waals surface area contributed by atoms with Gasteiger partial charge in [0.15, 0.2) is 11.2 Å². The van der Waals surface area contributed by atoms with Gasteiger partial charge in [-0.3, -0.25) is 10.8 Å². The van der Waals surface area contributed by atoms with E-state index in [1.807, 2.05) is 121 Å². The number of aliphatic hydroxyl groups is 2. The molecule has 234 valence electrons. The first kappa shape index (κ1) is 37.9. The lowest BCUT2D eigenvalue weighted by atomic mass is 9.66. The largest absolute Gasteiger partial charge is 0.386 e. The normalized spacial score (nSPS) is 11.8. The van der Waals surface area contributed by atoms with Gasteiger partial charge in [-0.15, -0.1) is 24.8 Å². The van der Waals surface area contributed by atoms with Crippen LogP contribution in [0.3, 0.4) is 0 Å². The molecule has 0 aliphatic carbocycles. The van der Waals surface area contributed by atoms with Gasteiger partial charge in [-0.05, 0) is 49.9 Å². The van der Waals surface area contributed by atoms with E-state index in [9.17, 15) is 10.2 Å². The maximum Gasteiger partial charge on any atom is 0.152 e. The van der Waals surface area contributed by atoms with Crippen LogP contribution in [0, 0.1) is 10.8 Å². The second-order valence-electron chi connectivity index (χ2n) is 11.0. The number of nitrogens with two attached hydrogens (primary N) is 2. The molecular formula is C34H42Cl2N6O2. The molecule has 0 fully saturated rings. The van der Waals surface area contributed by atoms with E-state index < -0.39 is 22.3 Å². The zero-order valence-electron chi connectivity index (χ0n) is 25.3. The first-order valence-electron chi connectivity index (χ1n) is 13.6. The lowest BCUT2D eigenvalue weighted by molar-refractivity contribution is -0.113. The van der Waals surface area contributed by atoms with E-state index in [4.69, 9.17) is 22.3 Å². The molecule has 0 bridgehead atoms. The number of halogens is 2. The molecule has 8 N–H and O–H groups in total. The first-order valence-corrected chi connectivity index (χ1v) is 13.6. The predicted molar refractivity (Wildman–Crippen MR) is 183 cm³/mol. The van der Waals surface area contributed by atoms with Crippen LogP contribution < -0.4 is 11.5 Å². The molecule has 4 aromatic rings. The highest BCUT2D eigenvalue weighted by atomic mass is 35.5. The van der Waals surface area contributed by atoms with Crippen molar-refractivity contribution in [3.63, 3.8) is 0 Å². The molecular weight excluding hydrogens is 595 g/mol. The summed E-state index contributed by atoms with van der Waals surface area (Å²) in [5.41, 5.74) is 8.05. The Kier molecular flexibility index (Phi) is 13.4. The number of hydrogen-bond donors (Lipinski definition) is 6. The average molecular weight is 638 g/mol. The fraction of sp³-hybridized carbons (Fsp3) is 0.235. The van der Waals surface area contributed by atoms with Crippen LogP contribution in [-0.2, 0) is 11.2 Å². The van der Waals surface area contributed by atoms with E-state index in [0.717, 1.165) is 0 Å². The van der Waals surface area contributed by atoms with Crippen molar-refractivity contribution in [2.45, 2.75) is 50.0 Å². The van der Waals surface area contributed by atoms with E-state index in [-0.39, 0.29) is 36.5 Å². The van der Waals surface area contributed by atoms with Gasteiger partial charge in [0.1, 0.15) is 22.7 Å². The standard InChI is InChI=1S/C26H22O2.C8H18N6.2ClH/c27-25(21-13-5-1-6-14-21,22-15-7-2-8-16-22)26(28,23-17-9-3-10-18-23)24-19-11-4-12-20-24;1-7(2,5(9)10)13-14-8(3,4)6(11)12;;/h1-20,27-28H;1-4H3,(H3,9,10)(H3,11,12);2*1H. The Labute approximate surface area is 272 Å². The molecule has 0 aliphatic heterocycles. The molecule has 0 atom stereocenters. The first-order chi connectivity index (χ1) is 19.8. The summed E-state index contributed by atoms with van der Waals surface area (Å²) >= 11 is 0. The Hall–Kier alpha value is -4.08. The summed E-state index contributed by atoms with van der Waals surface area (Å²) in [5, 5.41) is 47.0. The van der Waals surface area contributed by atoms with Gasteiger partial charge in [0, 0.05) is 0 Å². The fourth-order valence-electron chi connectivity index (χ4n) is 4.24. The summed E-state index contributed by atoms with van der Waals surface area (Å²) in [4.78, 5) is 0. The molecule has 0 radical (unpaired) electrons. The van der Waals surface area contributed by atoms with Gasteiger partial charge in [-0.1, -0.05) is 121 Å². The van der Waals surface area contributed by atoms with E-state index in [0.29, 0.717) is 22.3 Å². The summed E-state index contributed by atoms with van der Waals surface area (Å²) in [6.45, 7) is 6.70. The Morgan fingerprint density at radius 2 is 0.659 bits per heavy atom. The van der Waals surface area contributed by atoms with Crippen molar-refractivity contribution in [1.29, 1.82) is 10.8 Å². The molecule has 4 aromatic carbocycles. The fourth-order valence-corrected chi connectivity index (χ4v) is 4.24. The second kappa shape index (κ2) is 15.6. The molecule has 0 amide bonds. The van der Waals surface area contributed by atoms with Gasteiger partial charge in [0.25, 0.3) is 0 Å². The number of rotatable bonds is 9. The third kappa shape index (κ3) is 8.09. The molecule has 0 aromatic heterocycles. The number of azo groups is 1. The monoisotopic (exact) mass is 636 g/mol. The minimum Gasteiger partial charge on any atom is -0.386 e. The minimum absolute atomic E-state index is 0. The molecule has 0 spiro atoms. The van der Waals surface area contributed by atoms with E-state index in [1.165, 1.54) is 0 Å². The number of nitrogens with zero attached hydrogens (tertiary/aromatic N) is 2. The summed E-state index contributed by atoms with van der Waals surface area (Å²) in [7, 11) is 0. The van der Waals surface area contributed by atoms with Crippen molar-refractivity contribution in [3.8, 4) is 0 Å².